The minimum atomic E-state index is -5.17. The molecule has 0 aliphatic rings. The molecule has 4 aromatic rings. The minimum absolute atomic E-state index is 0.529. The van der Waals surface area contributed by atoms with Crippen LogP contribution in [0.4, 0.5) is 34.1 Å². The maximum absolute atomic E-state index is 8.78. The normalized spacial score (nSPS) is 9.60. The van der Waals surface area contributed by atoms with Crippen molar-refractivity contribution in [3.8, 4) is 0 Å². The minimum Gasteiger partial charge on any atom is -0.759 e. The molecule has 35 heavy (non-hydrogen) atoms. The predicted molar refractivity (Wildman–Crippen MR) is 132 cm³/mol. The highest BCUT2D eigenvalue weighted by molar-refractivity contribution is 7.79. The molecule has 0 saturated heterocycles. The Labute approximate surface area is 202 Å². The fraction of sp³-hybridized carbons (Fsp3) is 0. The van der Waals surface area contributed by atoms with Crippen molar-refractivity contribution in [2.75, 3.05) is 10.6 Å². The highest BCUT2D eigenvalue weighted by Crippen LogP contribution is 2.28. The molecule has 11 heteroatoms. The summed E-state index contributed by atoms with van der Waals surface area (Å²) >= 11 is 0. The summed E-state index contributed by atoms with van der Waals surface area (Å²) in [5.41, 5.74) is 4.56. The highest BCUT2D eigenvalue weighted by Gasteiger charge is 2.12. The van der Waals surface area contributed by atoms with Crippen molar-refractivity contribution in [2.24, 2.45) is 0 Å². The van der Waals surface area contributed by atoms with Crippen LogP contribution in [-0.4, -0.2) is 17.5 Å². The number of rotatable bonds is 4. The number of diazo groups is 2. The van der Waals surface area contributed by atoms with E-state index < -0.39 is 10.4 Å². The number of nitrogens with zero attached hydrogens (tertiary/aromatic N) is 4. The van der Waals surface area contributed by atoms with E-state index in [0.717, 1.165) is 22.7 Å². The molecule has 0 amide bonds. The molecule has 0 fully saturated rings. The van der Waals surface area contributed by atoms with Gasteiger partial charge < -0.3 is 19.7 Å². The lowest BCUT2D eigenvalue weighted by atomic mass is 10.2. The van der Waals surface area contributed by atoms with Crippen molar-refractivity contribution in [1.82, 2.24) is 0 Å². The summed E-state index contributed by atoms with van der Waals surface area (Å²) in [4.78, 5) is 6.41. The van der Waals surface area contributed by atoms with Crippen LogP contribution < -0.4 is 10.6 Å². The van der Waals surface area contributed by atoms with Gasteiger partial charge in [0.25, 0.3) is 0 Å². The Morgan fingerprint density at radius 3 is 1.14 bits per heavy atom. The first kappa shape index (κ1) is 26.4. The summed E-state index contributed by atoms with van der Waals surface area (Å²) in [5, 5.41) is 23.9. The van der Waals surface area contributed by atoms with E-state index in [4.69, 9.17) is 28.3 Å². The summed E-state index contributed by atoms with van der Waals surface area (Å²) in [6.45, 7) is 0. The fourth-order valence-electron chi connectivity index (χ4n) is 2.69. The molecule has 10 nitrogen and oxygen atoms in total. The average molecular weight is 489 g/mol. The maximum Gasteiger partial charge on any atom is 0.408 e. The van der Waals surface area contributed by atoms with Crippen molar-refractivity contribution in [1.29, 1.82) is 10.8 Å². The first-order chi connectivity index (χ1) is 16.8. The Kier molecular flexibility index (Phi) is 10.3. The second-order valence-corrected chi connectivity index (χ2v) is 7.44. The van der Waals surface area contributed by atoms with Crippen molar-refractivity contribution >= 4 is 44.5 Å². The molecule has 4 rings (SSSR count). The molecule has 2 N–H and O–H groups in total. The Hall–Kier alpha value is -4.81. The van der Waals surface area contributed by atoms with Gasteiger partial charge in [0, 0.05) is 33.9 Å². The van der Waals surface area contributed by atoms with Gasteiger partial charge in [-0.1, -0.05) is 60.7 Å². The van der Waals surface area contributed by atoms with E-state index in [0.29, 0.717) is 11.4 Å². The van der Waals surface area contributed by atoms with Gasteiger partial charge in [-0.3, -0.25) is 8.42 Å². The summed E-state index contributed by atoms with van der Waals surface area (Å²) in [6.07, 6.45) is 0. The molecule has 0 spiro atoms. The lowest BCUT2D eigenvalue weighted by Crippen LogP contribution is -1.91. The Morgan fingerprint density at radius 1 is 0.543 bits per heavy atom. The second-order valence-electron chi connectivity index (χ2n) is 6.62. The largest absolute Gasteiger partial charge is 0.759 e. The fourth-order valence-corrected chi connectivity index (χ4v) is 2.69. The van der Waals surface area contributed by atoms with Gasteiger partial charge >= 0.3 is 11.4 Å². The summed E-state index contributed by atoms with van der Waals surface area (Å²) in [6, 6.07) is 34.1. The SMILES string of the molecule is N#[N+]c1ccccc1Nc1ccccc1.N#[N+]c1ccccc1Nc1ccccc1.O=S(=O)([O-])[O-]. The molecule has 0 radical (unpaired) electrons. The summed E-state index contributed by atoms with van der Waals surface area (Å²) in [5.74, 6) is 0. The molecule has 4 aromatic carbocycles. The zero-order valence-corrected chi connectivity index (χ0v) is 19.0. The number of para-hydroxylation sites is 4. The highest BCUT2D eigenvalue weighted by atomic mass is 32.3. The topological polar surface area (TPSA) is 161 Å². The lowest BCUT2D eigenvalue weighted by Gasteiger charge is -2.06. The molecule has 0 saturated carbocycles. The molecular formula is C24H20N6O4S. The summed E-state index contributed by atoms with van der Waals surface area (Å²) < 4.78 is 34.1. The summed E-state index contributed by atoms with van der Waals surface area (Å²) in [7, 11) is -5.17. The smallest absolute Gasteiger partial charge is 0.408 e. The molecule has 0 aromatic heterocycles. The van der Waals surface area contributed by atoms with E-state index in [1.165, 1.54) is 0 Å². The first-order valence-corrected chi connectivity index (χ1v) is 11.3. The van der Waals surface area contributed by atoms with Crippen LogP contribution in [0.25, 0.3) is 9.95 Å². The zero-order valence-electron chi connectivity index (χ0n) is 18.2. The van der Waals surface area contributed by atoms with Crippen LogP contribution in [-0.2, 0) is 10.4 Å². The van der Waals surface area contributed by atoms with Crippen LogP contribution in [0.5, 0.6) is 0 Å². The van der Waals surface area contributed by atoms with Crippen molar-refractivity contribution in [2.45, 2.75) is 0 Å². The van der Waals surface area contributed by atoms with E-state index in [1.54, 1.807) is 12.1 Å². The van der Waals surface area contributed by atoms with E-state index in [1.807, 2.05) is 97.1 Å². The monoisotopic (exact) mass is 488 g/mol. The van der Waals surface area contributed by atoms with Crippen LogP contribution in [0.15, 0.2) is 109 Å². The van der Waals surface area contributed by atoms with E-state index >= 15 is 0 Å². The van der Waals surface area contributed by atoms with Gasteiger partial charge in [-0.15, -0.1) is 0 Å². The Balaban J connectivity index is 0.000000208. The third-order valence-corrected chi connectivity index (χ3v) is 4.13. The van der Waals surface area contributed by atoms with Gasteiger partial charge in [-0.05, 0) is 36.4 Å². The van der Waals surface area contributed by atoms with Crippen molar-refractivity contribution in [3.63, 3.8) is 0 Å². The molecule has 0 bridgehead atoms. The van der Waals surface area contributed by atoms with Crippen molar-refractivity contribution in [3.05, 3.63) is 119 Å². The molecule has 0 aliphatic carbocycles. The van der Waals surface area contributed by atoms with Crippen LogP contribution >= 0.6 is 0 Å². The third kappa shape index (κ3) is 10.6. The average Bonchev–Trinajstić information content (AvgIpc) is 2.85. The molecule has 0 atom stereocenters. The van der Waals surface area contributed by atoms with Crippen molar-refractivity contribution < 1.29 is 17.5 Å². The number of nitrogens with one attached hydrogen (secondary N) is 2. The van der Waals surface area contributed by atoms with Gasteiger partial charge in [-0.25, -0.2) is 0 Å². The molecule has 0 unspecified atom stereocenters. The zero-order chi connectivity index (χ0) is 25.5. The quantitative estimate of drug-likeness (QED) is 0.187. The second kappa shape index (κ2) is 13.7. The molecule has 0 aliphatic heterocycles. The standard InChI is InChI=1S/2C12H10N3.H2O4S/c2*13-15-12-9-5-4-8-11(12)14-10-6-2-1-3-7-10;1-5(2,3)4/h2*1-9,14H;(H2,1,2,3,4)/q2*+1;/p-2. The number of hydrogen-bond acceptors (Lipinski definition) is 8. The number of benzene rings is 4. The van der Waals surface area contributed by atoms with E-state index in [9.17, 15) is 0 Å². The van der Waals surface area contributed by atoms with E-state index in [-0.39, 0.29) is 0 Å². The Morgan fingerprint density at radius 2 is 0.829 bits per heavy atom. The van der Waals surface area contributed by atoms with Gasteiger partial charge in [0.15, 0.2) is 9.95 Å². The molecule has 0 heterocycles. The van der Waals surface area contributed by atoms with Crippen LogP contribution in [0.2, 0.25) is 0 Å². The third-order valence-electron chi connectivity index (χ3n) is 4.13. The van der Waals surface area contributed by atoms with Gasteiger partial charge in [-0.2, -0.15) is 0 Å². The van der Waals surface area contributed by atoms with Gasteiger partial charge in [0.1, 0.15) is 11.4 Å². The predicted octanol–water partition coefficient (Wildman–Crippen LogP) is 6.49. The van der Waals surface area contributed by atoms with E-state index in [2.05, 4.69) is 20.6 Å². The lowest BCUT2D eigenvalue weighted by molar-refractivity contribution is 0.352. The maximum atomic E-state index is 8.78. The first-order valence-electron chi connectivity index (χ1n) is 9.99. The molecular weight excluding hydrogens is 468 g/mol. The molecule has 176 valence electrons. The number of anilines is 4. The van der Waals surface area contributed by atoms with Crippen LogP contribution in [0, 0.1) is 10.8 Å². The van der Waals surface area contributed by atoms with Gasteiger partial charge in [0.05, 0.1) is 0 Å². The number of hydrogen-bond donors (Lipinski definition) is 2. The van der Waals surface area contributed by atoms with Crippen LogP contribution in [0.3, 0.4) is 0 Å². The van der Waals surface area contributed by atoms with Gasteiger partial charge in [0.2, 0.25) is 10.8 Å². The Bertz CT molecular complexity index is 1300. The van der Waals surface area contributed by atoms with Crippen LogP contribution in [0.1, 0.15) is 0 Å².